The molecule has 0 fully saturated rings. The maximum absolute atomic E-state index is 4.63. The van der Waals surface area contributed by atoms with Crippen LogP contribution in [0.5, 0.6) is 0 Å². The van der Waals surface area contributed by atoms with Crippen molar-refractivity contribution in [3.8, 4) is 5.69 Å². The standard InChI is InChI=1S/C20H31N5/c1-15(2)16(3)23-20(21-5)22-13-9-10-18-14-25(24-17(18)4)19-11-7-6-8-12-19/h6-8,11-12,14-16H,9-10,13H2,1-5H3,(H2,21,22,23). The molecule has 1 aromatic heterocycles. The van der Waals surface area contributed by atoms with Gasteiger partial charge in [0.1, 0.15) is 0 Å². The molecule has 0 aliphatic carbocycles. The largest absolute Gasteiger partial charge is 0.356 e. The predicted molar refractivity (Wildman–Crippen MR) is 105 cm³/mol. The molecule has 0 spiro atoms. The molecule has 1 heterocycles. The van der Waals surface area contributed by atoms with E-state index in [0.717, 1.165) is 36.7 Å². The lowest BCUT2D eigenvalue weighted by Gasteiger charge is -2.20. The number of aromatic nitrogens is 2. The summed E-state index contributed by atoms with van der Waals surface area (Å²) in [6.45, 7) is 9.56. The van der Waals surface area contributed by atoms with Crippen molar-refractivity contribution in [2.75, 3.05) is 13.6 Å². The Morgan fingerprint density at radius 1 is 1.20 bits per heavy atom. The number of rotatable bonds is 7. The Kier molecular flexibility index (Phi) is 7.04. The molecule has 1 atom stereocenters. The van der Waals surface area contributed by atoms with Gasteiger partial charge in [-0.3, -0.25) is 4.99 Å². The van der Waals surface area contributed by atoms with Gasteiger partial charge in [-0.1, -0.05) is 32.0 Å². The maximum atomic E-state index is 4.63. The van der Waals surface area contributed by atoms with Crippen LogP contribution in [0.3, 0.4) is 0 Å². The highest BCUT2D eigenvalue weighted by molar-refractivity contribution is 5.79. The molecule has 1 aromatic carbocycles. The second-order valence-corrected chi connectivity index (χ2v) is 6.80. The number of para-hydroxylation sites is 1. The molecule has 0 radical (unpaired) electrons. The van der Waals surface area contributed by atoms with Crippen molar-refractivity contribution < 1.29 is 0 Å². The van der Waals surface area contributed by atoms with Crippen LogP contribution >= 0.6 is 0 Å². The lowest BCUT2D eigenvalue weighted by molar-refractivity contribution is 0.480. The van der Waals surface area contributed by atoms with Gasteiger partial charge in [-0.15, -0.1) is 0 Å². The van der Waals surface area contributed by atoms with Gasteiger partial charge in [-0.05, 0) is 50.3 Å². The molecular formula is C20H31N5. The number of aliphatic imine (C=N–C) groups is 1. The highest BCUT2D eigenvalue weighted by Gasteiger charge is 2.09. The van der Waals surface area contributed by atoms with Crippen molar-refractivity contribution in [1.82, 2.24) is 20.4 Å². The van der Waals surface area contributed by atoms with Crippen LogP contribution in [0.1, 0.15) is 38.4 Å². The molecule has 25 heavy (non-hydrogen) atoms. The minimum absolute atomic E-state index is 0.401. The maximum Gasteiger partial charge on any atom is 0.191 e. The first-order valence-corrected chi connectivity index (χ1v) is 9.09. The Bertz CT molecular complexity index is 673. The van der Waals surface area contributed by atoms with E-state index in [1.807, 2.05) is 29.9 Å². The van der Waals surface area contributed by atoms with Gasteiger partial charge in [0.2, 0.25) is 0 Å². The molecule has 136 valence electrons. The van der Waals surface area contributed by atoms with Crippen LogP contribution in [0, 0.1) is 12.8 Å². The second kappa shape index (κ2) is 9.25. The zero-order valence-electron chi connectivity index (χ0n) is 16.1. The highest BCUT2D eigenvalue weighted by atomic mass is 15.3. The number of hydrogen-bond acceptors (Lipinski definition) is 2. The molecular weight excluding hydrogens is 310 g/mol. The molecule has 5 nitrogen and oxygen atoms in total. The van der Waals surface area contributed by atoms with Gasteiger partial charge in [-0.2, -0.15) is 5.10 Å². The molecule has 0 saturated carbocycles. The number of benzene rings is 1. The lowest BCUT2D eigenvalue weighted by atomic mass is 10.1. The Morgan fingerprint density at radius 2 is 1.92 bits per heavy atom. The topological polar surface area (TPSA) is 54.2 Å². The molecule has 0 aliphatic heterocycles. The average Bonchev–Trinajstić information content (AvgIpc) is 2.99. The summed E-state index contributed by atoms with van der Waals surface area (Å²) in [5.74, 6) is 1.45. The van der Waals surface area contributed by atoms with Crippen LogP contribution in [0.25, 0.3) is 5.69 Å². The molecule has 0 bridgehead atoms. The van der Waals surface area contributed by atoms with E-state index in [2.05, 4.69) is 66.7 Å². The highest BCUT2D eigenvalue weighted by Crippen LogP contribution is 2.13. The van der Waals surface area contributed by atoms with E-state index in [0.29, 0.717) is 12.0 Å². The summed E-state index contributed by atoms with van der Waals surface area (Å²) >= 11 is 0. The van der Waals surface area contributed by atoms with E-state index < -0.39 is 0 Å². The van der Waals surface area contributed by atoms with Gasteiger partial charge in [0.15, 0.2) is 5.96 Å². The van der Waals surface area contributed by atoms with Crippen LogP contribution in [-0.2, 0) is 6.42 Å². The van der Waals surface area contributed by atoms with Crippen LogP contribution in [0.15, 0.2) is 41.5 Å². The molecule has 0 amide bonds. The number of nitrogens with zero attached hydrogens (tertiary/aromatic N) is 3. The second-order valence-electron chi connectivity index (χ2n) is 6.80. The van der Waals surface area contributed by atoms with Crippen molar-refractivity contribution in [2.24, 2.45) is 10.9 Å². The normalized spacial score (nSPS) is 13.1. The first-order chi connectivity index (χ1) is 12.0. The van der Waals surface area contributed by atoms with E-state index in [-0.39, 0.29) is 0 Å². The fourth-order valence-corrected chi connectivity index (χ4v) is 2.52. The fourth-order valence-electron chi connectivity index (χ4n) is 2.52. The third-order valence-electron chi connectivity index (χ3n) is 4.52. The van der Waals surface area contributed by atoms with E-state index in [1.165, 1.54) is 5.56 Å². The molecule has 1 unspecified atom stereocenters. The van der Waals surface area contributed by atoms with E-state index >= 15 is 0 Å². The number of guanidine groups is 1. The summed E-state index contributed by atoms with van der Waals surface area (Å²) in [5, 5.41) is 11.4. The van der Waals surface area contributed by atoms with Gasteiger partial charge in [-0.25, -0.2) is 4.68 Å². The number of hydrogen-bond donors (Lipinski definition) is 2. The Labute approximate surface area is 151 Å². The lowest BCUT2D eigenvalue weighted by Crippen LogP contribution is -2.44. The van der Waals surface area contributed by atoms with Crippen molar-refractivity contribution in [3.05, 3.63) is 47.8 Å². The molecule has 2 rings (SSSR count). The quantitative estimate of drug-likeness (QED) is 0.461. The summed E-state index contributed by atoms with van der Waals surface area (Å²) in [5.41, 5.74) is 3.49. The first-order valence-electron chi connectivity index (χ1n) is 9.09. The minimum atomic E-state index is 0.401. The zero-order chi connectivity index (χ0) is 18.2. The molecule has 0 saturated heterocycles. The van der Waals surface area contributed by atoms with Crippen molar-refractivity contribution in [3.63, 3.8) is 0 Å². The summed E-state index contributed by atoms with van der Waals surface area (Å²) in [6, 6.07) is 10.6. The van der Waals surface area contributed by atoms with Crippen LogP contribution in [0.2, 0.25) is 0 Å². The zero-order valence-corrected chi connectivity index (χ0v) is 16.1. The Hall–Kier alpha value is -2.30. The Morgan fingerprint density at radius 3 is 2.56 bits per heavy atom. The van der Waals surface area contributed by atoms with Gasteiger partial charge >= 0.3 is 0 Å². The smallest absolute Gasteiger partial charge is 0.191 e. The summed E-state index contributed by atoms with van der Waals surface area (Å²) in [4.78, 5) is 4.29. The van der Waals surface area contributed by atoms with Gasteiger partial charge in [0.25, 0.3) is 0 Å². The third-order valence-corrected chi connectivity index (χ3v) is 4.52. The number of aryl methyl sites for hydroxylation is 2. The summed E-state index contributed by atoms with van der Waals surface area (Å²) in [7, 11) is 1.82. The Balaban J connectivity index is 1.83. The predicted octanol–water partition coefficient (Wildman–Crippen LogP) is 3.32. The first kappa shape index (κ1) is 19.0. The SMILES string of the molecule is CN=C(NCCCc1cn(-c2ccccc2)nc1C)NC(C)C(C)C. The van der Waals surface area contributed by atoms with Crippen LogP contribution in [-0.4, -0.2) is 35.4 Å². The van der Waals surface area contributed by atoms with Gasteiger partial charge in [0.05, 0.1) is 11.4 Å². The summed E-state index contributed by atoms with van der Waals surface area (Å²) in [6.07, 6.45) is 4.18. The fraction of sp³-hybridized carbons (Fsp3) is 0.500. The van der Waals surface area contributed by atoms with E-state index in [9.17, 15) is 0 Å². The molecule has 0 aliphatic rings. The van der Waals surface area contributed by atoms with Gasteiger partial charge in [0, 0.05) is 25.8 Å². The molecule has 2 N–H and O–H groups in total. The average molecular weight is 342 g/mol. The van der Waals surface area contributed by atoms with Crippen LogP contribution in [0.4, 0.5) is 0 Å². The van der Waals surface area contributed by atoms with E-state index in [4.69, 9.17) is 0 Å². The van der Waals surface area contributed by atoms with Crippen molar-refractivity contribution >= 4 is 5.96 Å². The summed E-state index contributed by atoms with van der Waals surface area (Å²) < 4.78 is 1.96. The third kappa shape index (κ3) is 5.62. The minimum Gasteiger partial charge on any atom is -0.356 e. The van der Waals surface area contributed by atoms with Gasteiger partial charge < -0.3 is 10.6 Å². The number of nitrogens with one attached hydrogen (secondary N) is 2. The molecule has 5 heteroatoms. The van der Waals surface area contributed by atoms with Crippen molar-refractivity contribution in [2.45, 2.75) is 46.6 Å². The van der Waals surface area contributed by atoms with E-state index in [1.54, 1.807) is 0 Å². The molecule has 2 aromatic rings. The van der Waals surface area contributed by atoms with Crippen molar-refractivity contribution in [1.29, 1.82) is 0 Å². The van der Waals surface area contributed by atoms with Crippen LogP contribution < -0.4 is 10.6 Å². The monoisotopic (exact) mass is 341 g/mol.